The van der Waals surface area contributed by atoms with E-state index in [-0.39, 0.29) is 0 Å². The van der Waals surface area contributed by atoms with Crippen LogP contribution in [0.2, 0.25) is 0 Å². The van der Waals surface area contributed by atoms with Crippen molar-refractivity contribution in [2.75, 3.05) is 0 Å². The van der Waals surface area contributed by atoms with E-state index in [1.165, 1.54) is 8.87 Å². The summed E-state index contributed by atoms with van der Waals surface area (Å²) < 4.78 is 8.07. The third-order valence-electron chi connectivity index (χ3n) is 1.32. The number of nitrogens with zero attached hydrogens (tertiary/aromatic N) is 2. The summed E-state index contributed by atoms with van der Waals surface area (Å²) in [6, 6.07) is 4.26. The van der Waals surface area contributed by atoms with Crippen molar-refractivity contribution in [1.82, 2.24) is 0 Å². The Balaban J connectivity index is 2.62. The maximum absolute atomic E-state index is 4.02. The van der Waals surface area contributed by atoms with Crippen LogP contribution in [0.4, 0.5) is 0 Å². The molecule has 0 spiro atoms. The summed E-state index contributed by atoms with van der Waals surface area (Å²) in [7, 11) is 0. The summed E-state index contributed by atoms with van der Waals surface area (Å²) in [4.78, 5) is 8.05. The van der Waals surface area contributed by atoms with E-state index in [1.54, 1.807) is 0 Å². The van der Waals surface area contributed by atoms with Crippen molar-refractivity contribution < 1.29 is 0 Å². The van der Waals surface area contributed by atoms with Crippen LogP contribution >= 0.6 is 0 Å². The molecule has 0 aliphatic rings. The fourth-order valence-corrected chi connectivity index (χ4v) is 2.90. The summed E-state index contributed by atoms with van der Waals surface area (Å²) in [5.74, 6) is 0. The van der Waals surface area contributed by atoms with Crippen LogP contribution in [0.5, 0.6) is 0 Å². The van der Waals surface area contributed by atoms with Gasteiger partial charge in [-0.1, -0.05) is 0 Å². The van der Waals surface area contributed by atoms with Crippen molar-refractivity contribution in [3.05, 3.63) is 21.0 Å². The quantitative estimate of drug-likeness (QED) is 0.525. The van der Waals surface area contributed by atoms with Crippen molar-refractivity contribution in [2.45, 2.75) is 13.1 Å². The molecule has 1 rings (SSSR count). The number of rotatable bonds is 4. The predicted octanol–water partition coefficient (Wildman–Crippen LogP) is -0.109. The molecule has 0 radical (unpaired) electrons. The molecule has 0 N–H and O–H groups in total. The molecular formula is C8H6N2Se3. The van der Waals surface area contributed by atoms with Gasteiger partial charge in [0.1, 0.15) is 0 Å². The van der Waals surface area contributed by atoms with E-state index in [9.17, 15) is 0 Å². The molecule has 0 aromatic carbocycles. The zero-order valence-corrected chi connectivity index (χ0v) is 11.8. The normalized spacial score (nSPS) is 8.62. The van der Waals surface area contributed by atoms with Gasteiger partial charge >= 0.3 is 99.2 Å². The fourth-order valence-electron chi connectivity index (χ4n) is 0.813. The molecule has 1 heterocycles. The fraction of sp³-hybridized carbons (Fsp3) is 0.250. The number of hydrogen-bond acceptors (Lipinski definition) is 2. The van der Waals surface area contributed by atoms with Crippen LogP contribution in [0.25, 0.3) is 0 Å². The van der Waals surface area contributed by atoms with Crippen LogP contribution in [0, 0.1) is 0 Å². The second-order valence-electron chi connectivity index (χ2n) is 2.18. The van der Waals surface area contributed by atoms with E-state index in [2.05, 4.69) is 62.7 Å². The van der Waals surface area contributed by atoms with E-state index in [0.717, 1.165) is 13.1 Å². The van der Waals surface area contributed by atoms with Gasteiger partial charge in [0.05, 0.1) is 0 Å². The van der Waals surface area contributed by atoms with Gasteiger partial charge < -0.3 is 0 Å². The first-order valence-corrected chi connectivity index (χ1v) is 6.94. The Morgan fingerprint density at radius 1 is 1.08 bits per heavy atom. The molecule has 0 saturated carbocycles. The minimum absolute atomic E-state index is 0.431. The van der Waals surface area contributed by atoms with Gasteiger partial charge in [-0.05, 0) is 0 Å². The van der Waals surface area contributed by atoms with Gasteiger partial charge in [-0.3, -0.25) is 0 Å². The molecule has 0 aliphatic carbocycles. The summed E-state index contributed by atoms with van der Waals surface area (Å²) >= 11 is 5.68. The van der Waals surface area contributed by atoms with Crippen molar-refractivity contribution >= 4 is 55.1 Å². The molecule has 0 atom stereocenters. The minimum atomic E-state index is 0.431. The Hall–Kier alpha value is 0.198. The van der Waals surface area contributed by atoms with Gasteiger partial charge in [0.15, 0.2) is 0 Å². The Morgan fingerprint density at radius 3 is 1.92 bits per heavy atom. The molecule has 0 fully saturated rings. The van der Waals surface area contributed by atoms with Crippen molar-refractivity contribution in [3.63, 3.8) is 0 Å². The van der Waals surface area contributed by atoms with Crippen molar-refractivity contribution in [2.24, 2.45) is 9.98 Å². The van der Waals surface area contributed by atoms with Crippen LogP contribution in [0.1, 0.15) is 8.87 Å². The van der Waals surface area contributed by atoms with E-state index in [0.29, 0.717) is 14.5 Å². The maximum atomic E-state index is 4.02. The average Bonchev–Trinajstić information content (AvgIpc) is 2.59. The second kappa shape index (κ2) is 6.62. The van der Waals surface area contributed by atoms with Gasteiger partial charge in [-0.2, -0.15) is 0 Å². The first-order chi connectivity index (χ1) is 6.36. The predicted molar refractivity (Wildman–Crippen MR) is 57.2 cm³/mol. The van der Waals surface area contributed by atoms with Crippen LogP contribution in [0.3, 0.4) is 0 Å². The molecule has 2 nitrogen and oxygen atoms in total. The van der Waals surface area contributed by atoms with Gasteiger partial charge in [0, 0.05) is 0 Å². The third kappa shape index (κ3) is 4.29. The third-order valence-corrected chi connectivity index (χ3v) is 4.07. The van der Waals surface area contributed by atoms with E-state index in [1.807, 2.05) is 0 Å². The monoisotopic (exact) mass is 370 g/mol. The van der Waals surface area contributed by atoms with Gasteiger partial charge in [-0.15, -0.1) is 0 Å². The Kier molecular flexibility index (Phi) is 5.74. The van der Waals surface area contributed by atoms with E-state index in [4.69, 9.17) is 0 Å². The number of hydrogen-bond donors (Lipinski definition) is 0. The molecule has 0 saturated heterocycles. The Labute approximate surface area is 98.6 Å². The van der Waals surface area contributed by atoms with Gasteiger partial charge in [0.25, 0.3) is 0 Å². The average molecular weight is 367 g/mol. The van der Waals surface area contributed by atoms with Crippen LogP contribution < -0.4 is 0 Å². The molecule has 0 amide bonds. The Bertz CT molecular complexity index is 336. The van der Waals surface area contributed by atoms with Crippen molar-refractivity contribution in [3.8, 4) is 0 Å². The zero-order chi connectivity index (χ0) is 9.52. The first kappa shape index (κ1) is 11.3. The van der Waals surface area contributed by atoms with Gasteiger partial charge in [0.2, 0.25) is 0 Å². The molecule has 1 aromatic heterocycles. The molecule has 1 aromatic rings. The molecule has 0 unspecified atom stereocenters. The first-order valence-electron chi connectivity index (χ1n) is 3.51. The van der Waals surface area contributed by atoms with Crippen LogP contribution in [-0.2, 0) is 13.1 Å². The van der Waals surface area contributed by atoms with E-state index < -0.39 is 0 Å². The molecule has 5 heteroatoms. The topological polar surface area (TPSA) is 24.7 Å². The second-order valence-corrected chi connectivity index (χ2v) is 5.58. The molecular weight excluding hydrogens is 361 g/mol. The number of aliphatic imine (C=N–C) groups is 2. The molecule has 13 heavy (non-hydrogen) atoms. The molecule has 66 valence electrons. The SMILES string of the molecule is [Se]=C=NCc1ccc(CN=C=[Se])[se]1. The van der Waals surface area contributed by atoms with Crippen LogP contribution in [-0.4, -0.2) is 55.1 Å². The molecule has 0 aliphatic heterocycles. The Morgan fingerprint density at radius 2 is 1.54 bits per heavy atom. The van der Waals surface area contributed by atoms with Gasteiger partial charge in [-0.25, -0.2) is 0 Å². The standard InChI is InChI=1S/C8H6N2Se3/c11-5-9-3-7-1-2-8(13-7)4-10-6-12/h1-2H,3-4H2. The summed E-state index contributed by atoms with van der Waals surface area (Å²) in [5, 5.41) is 0. The summed E-state index contributed by atoms with van der Waals surface area (Å²) in [6.07, 6.45) is 0. The molecule has 0 bridgehead atoms. The summed E-state index contributed by atoms with van der Waals surface area (Å²) in [6.45, 7) is 1.53. The van der Waals surface area contributed by atoms with Crippen molar-refractivity contribution in [1.29, 1.82) is 0 Å². The van der Waals surface area contributed by atoms with E-state index >= 15 is 0 Å². The van der Waals surface area contributed by atoms with Crippen LogP contribution in [0.15, 0.2) is 22.1 Å². The summed E-state index contributed by atoms with van der Waals surface area (Å²) in [5.41, 5.74) is 0. The zero-order valence-electron chi connectivity index (χ0n) is 6.69.